The molecule has 20 heteroatoms. The number of aromatic carboxylic acids is 1. The summed E-state index contributed by atoms with van der Waals surface area (Å²) in [5, 5.41) is 40.5. The van der Waals surface area contributed by atoms with E-state index in [2.05, 4.69) is 112 Å². The largest absolute Gasteiger partial charge is 0.512 e. The molecule has 0 unspecified atom stereocenters. The molecule has 4 radical (unpaired) electrons. The molecule has 546 valence electrons. The second kappa shape index (κ2) is 43.8. The Morgan fingerprint density at radius 1 is 0.491 bits per heavy atom. The molecule has 0 saturated carbocycles. The van der Waals surface area contributed by atoms with E-state index in [1.807, 2.05) is 140 Å². The molecular weight excluding hydrogens is 2050 g/mol. The van der Waals surface area contributed by atoms with E-state index in [-0.39, 0.29) is 109 Å². The fourth-order valence-electron chi connectivity index (χ4n) is 9.92. The van der Waals surface area contributed by atoms with Crippen LogP contribution in [0, 0.1) is 42.5 Å². The van der Waals surface area contributed by atoms with Crippen LogP contribution in [-0.2, 0) is 103 Å². The molecule has 14 rings (SSSR count). The van der Waals surface area contributed by atoms with Gasteiger partial charge < -0.3 is 20.1 Å². The summed E-state index contributed by atoms with van der Waals surface area (Å²) in [6.45, 7) is 9.49. The summed E-state index contributed by atoms with van der Waals surface area (Å²) in [6, 6.07) is 91.1. The number of hydrogen-bond donors (Lipinski definition) is 3. The van der Waals surface area contributed by atoms with Crippen LogP contribution >= 0.6 is 0 Å². The molecule has 0 atom stereocenters. The number of aliphatic hydroxyl groups excluding tert-OH is 2. The Morgan fingerprint density at radius 3 is 1.32 bits per heavy atom. The smallest absolute Gasteiger partial charge is 0.399 e. The van der Waals surface area contributed by atoms with Gasteiger partial charge in [-0.1, -0.05) is 159 Å². The predicted molar refractivity (Wildman–Crippen MR) is 397 cm³/mol. The van der Waals surface area contributed by atoms with Crippen molar-refractivity contribution < 1.29 is 128 Å². The molecule has 13 nitrogen and oxygen atoms in total. The number of carbonyl (C=O) groups excluding carboxylic acids is 2. The van der Waals surface area contributed by atoms with Crippen LogP contribution in [0.5, 0.6) is 5.75 Å². The van der Waals surface area contributed by atoms with E-state index in [4.69, 9.17) is 30.3 Å². The first kappa shape index (κ1) is 88.0. The number of methoxy groups -OCH3 is 1. The maximum absolute atomic E-state index is 12.9. The van der Waals surface area contributed by atoms with E-state index in [0.29, 0.717) is 22.4 Å². The number of aromatic nitrogens is 5. The van der Waals surface area contributed by atoms with Crippen LogP contribution in [-0.4, -0.2) is 64.9 Å². The van der Waals surface area contributed by atoms with Gasteiger partial charge in [-0.25, -0.2) is 15.0 Å². The molecule has 0 amide bonds. The standard InChI is InChI=1S/C20H14NO.C17H11F3N.C17H14N.C16H9N2.C6H5NO2.2C5H8O2.4Ir/c1-22-18-10-8-15-12-17(7-6-16(15)13-18)20-11-9-14-4-2-3-5-19(14)21-20;1-11-8-13(10-14(9-11)17(18,19)20)16-7-6-12-4-2-3-5-15(12)21-16;1-2-13-6-5-8-15(12-13)17-11-10-14-7-3-4-9-16(14)18-17;17-11-12-5-7-14(8-6-12)16-10-9-13-3-1-2-4-15(13)18-16;8-6(9)5-3-1-2-4-7-5;2*1-4(6)3-5(2)7;;;;/h2-6,8-13H,1H3;2-9H,1H3;3-7,9-12H,2H2,1H3;1-7,9-10H;1-4H,(H,8,9);2*3,6H,1-2H3;;;;/q4*-1;;;;;;;. The Morgan fingerprint density at radius 2 is 0.934 bits per heavy atom. The van der Waals surface area contributed by atoms with Gasteiger partial charge in [-0.15, -0.1) is 124 Å². The number of carboxylic acids is 1. The molecule has 0 spiro atoms. The first-order chi connectivity index (χ1) is 49.0. The van der Waals surface area contributed by atoms with Gasteiger partial charge in [0.1, 0.15) is 11.4 Å². The number of benzene rings is 9. The van der Waals surface area contributed by atoms with Gasteiger partial charge in [-0.3, -0.25) is 29.5 Å². The maximum Gasteiger partial charge on any atom is 0.399 e. The quantitative estimate of drug-likeness (QED) is 0.0699. The zero-order valence-electron chi connectivity index (χ0n) is 58.2. The molecule has 0 saturated heterocycles. The number of allylic oxidation sites excluding steroid dienone is 4. The second-order valence-corrected chi connectivity index (χ2v) is 22.8. The molecule has 14 aromatic rings. The summed E-state index contributed by atoms with van der Waals surface area (Å²) in [7, 11) is 1.68. The van der Waals surface area contributed by atoms with Crippen molar-refractivity contribution in [3.63, 3.8) is 0 Å². The molecule has 0 aliphatic carbocycles. The number of aryl methyl sites for hydroxylation is 2. The number of ether oxygens (including phenoxy) is 1. The molecule has 0 aliphatic heterocycles. The zero-order valence-corrected chi connectivity index (χ0v) is 67.7. The first-order valence-corrected chi connectivity index (χ1v) is 31.9. The van der Waals surface area contributed by atoms with Gasteiger partial charge in [-0.05, 0) is 132 Å². The maximum atomic E-state index is 12.9. The minimum atomic E-state index is -4.41. The predicted octanol–water partition coefficient (Wildman–Crippen LogP) is 20.6. The molecule has 0 bridgehead atoms. The fourth-order valence-corrected chi connectivity index (χ4v) is 9.92. The number of rotatable bonds is 9. The number of hydrogen-bond acceptors (Lipinski definition) is 12. The van der Waals surface area contributed by atoms with Crippen molar-refractivity contribution in [2.24, 2.45) is 0 Å². The number of aliphatic hydroxyl groups is 2. The van der Waals surface area contributed by atoms with Gasteiger partial charge in [0, 0.05) is 105 Å². The molecule has 106 heavy (non-hydrogen) atoms. The van der Waals surface area contributed by atoms with Crippen molar-refractivity contribution in [3.05, 3.63) is 325 Å². The summed E-state index contributed by atoms with van der Waals surface area (Å²) >= 11 is 0. The first-order valence-electron chi connectivity index (χ1n) is 31.9. The van der Waals surface area contributed by atoms with Crippen LogP contribution in [0.15, 0.2) is 273 Å². The number of carboxylic acid groups (broad SMARTS) is 1. The third kappa shape index (κ3) is 27.3. The van der Waals surface area contributed by atoms with Crippen molar-refractivity contribution in [3.8, 4) is 56.8 Å². The van der Waals surface area contributed by atoms with Crippen LogP contribution in [0.25, 0.3) is 99.4 Å². The van der Waals surface area contributed by atoms with Crippen LogP contribution in [0.3, 0.4) is 0 Å². The summed E-state index contributed by atoms with van der Waals surface area (Å²) in [6.07, 6.45) is 0.413. The molecule has 5 heterocycles. The van der Waals surface area contributed by atoms with Gasteiger partial charge in [-0.2, -0.15) is 13.2 Å². The van der Waals surface area contributed by atoms with E-state index < -0.39 is 17.7 Å². The normalized spacial score (nSPS) is 10.4. The average molecular weight is 2120 g/mol. The SMILES string of the molecule is CC(=O)C=C(C)O.CC(=O)C=C(C)O.CCc1cc[c-]c(-c2ccc3ccccc3n2)c1.COc1ccc2cc(-c3ccc4ccccc4n3)[c-]cc2c1.Cc1cc(-c2ccc3ccccc3n2)[c-]c(C(F)(F)F)c1.N#Cc1c[c-]c(-c2ccc3ccccc3n2)cc1.O=C(O)c1ccccn1.[Ir].[Ir].[Ir].[Ir]. The number of para-hydroxylation sites is 4. The number of fused-ring (bicyclic) bond motifs is 5. The van der Waals surface area contributed by atoms with Gasteiger partial charge in [0.05, 0.1) is 40.7 Å². The van der Waals surface area contributed by atoms with Gasteiger partial charge in [0.2, 0.25) is 0 Å². The minimum absolute atomic E-state index is 0. The van der Waals surface area contributed by atoms with Crippen LogP contribution in [0.2, 0.25) is 0 Å². The summed E-state index contributed by atoms with van der Waals surface area (Å²) in [5.41, 5.74) is 12.1. The van der Waals surface area contributed by atoms with E-state index in [1.165, 1.54) is 63.1 Å². The van der Waals surface area contributed by atoms with Crippen molar-refractivity contribution in [2.75, 3.05) is 7.11 Å². The number of ketones is 2. The topological polar surface area (TPSA) is 209 Å². The van der Waals surface area contributed by atoms with Crippen LogP contribution < -0.4 is 4.74 Å². The third-order valence-corrected chi connectivity index (χ3v) is 14.7. The number of nitrogens with zero attached hydrogens (tertiary/aromatic N) is 6. The molecular formula is C86H69F3Ir4N6O7-4. The van der Waals surface area contributed by atoms with E-state index in [9.17, 15) is 27.6 Å². The Bertz CT molecular complexity index is 5320. The second-order valence-electron chi connectivity index (χ2n) is 22.8. The number of halogens is 3. The third-order valence-electron chi connectivity index (χ3n) is 14.7. The Labute approximate surface area is 667 Å². The summed E-state index contributed by atoms with van der Waals surface area (Å²) in [5.74, 6) is -0.256. The average Bonchev–Trinajstić information content (AvgIpc) is 0.820. The van der Waals surface area contributed by atoms with E-state index in [0.717, 1.165) is 101 Å². The van der Waals surface area contributed by atoms with Crippen LogP contribution in [0.1, 0.15) is 67.4 Å². The molecule has 0 fully saturated rings. The zero-order chi connectivity index (χ0) is 73.1. The Hall–Kier alpha value is -10.4. The molecule has 5 aromatic heterocycles. The van der Waals surface area contributed by atoms with E-state index >= 15 is 0 Å². The van der Waals surface area contributed by atoms with Crippen molar-refractivity contribution in [2.45, 2.75) is 54.1 Å². The fraction of sp³-hybridized carbons (Fsp3) is 0.105. The summed E-state index contributed by atoms with van der Waals surface area (Å²) in [4.78, 5) is 52.2. The number of alkyl halides is 3. The van der Waals surface area contributed by atoms with Crippen molar-refractivity contribution in [1.82, 2.24) is 24.9 Å². The number of pyridine rings is 5. The monoisotopic (exact) mass is 2130 g/mol. The van der Waals surface area contributed by atoms with Crippen molar-refractivity contribution in [1.29, 1.82) is 5.26 Å². The van der Waals surface area contributed by atoms with Gasteiger partial charge in [0.15, 0.2) is 11.6 Å². The van der Waals surface area contributed by atoms with E-state index in [1.54, 1.807) is 50.4 Å². The Balaban J connectivity index is 0.000000270. The molecule has 9 aromatic carbocycles. The van der Waals surface area contributed by atoms with Crippen LogP contribution in [0.4, 0.5) is 13.2 Å². The number of nitriles is 1. The van der Waals surface area contributed by atoms with Gasteiger partial charge >= 0.3 is 12.1 Å². The molecule has 3 N–H and O–H groups in total. The van der Waals surface area contributed by atoms with Gasteiger partial charge in [0.25, 0.3) is 0 Å². The van der Waals surface area contributed by atoms with Crippen molar-refractivity contribution >= 4 is 71.9 Å². The summed E-state index contributed by atoms with van der Waals surface area (Å²) < 4.78 is 43.9. The number of carbonyl (C=O) groups is 3. The minimum Gasteiger partial charge on any atom is -0.512 e. The Kier molecular flexibility index (Phi) is 36.3. The molecule has 0 aliphatic rings.